The number of nitrogens with one attached hydrogen (secondary N) is 1. The van der Waals surface area contributed by atoms with Crippen molar-refractivity contribution in [2.24, 2.45) is 5.73 Å². The maximum absolute atomic E-state index is 12.1. The third kappa shape index (κ3) is 5.15. The third-order valence-electron chi connectivity index (χ3n) is 2.82. The van der Waals surface area contributed by atoms with Gasteiger partial charge in [0.1, 0.15) is 12.1 Å². The summed E-state index contributed by atoms with van der Waals surface area (Å²) in [7, 11) is 0. The number of nitrogens with zero attached hydrogens (tertiary/aromatic N) is 1. The highest BCUT2D eigenvalue weighted by Crippen LogP contribution is 2.14. The van der Waals surface area contributed by atoms with E-state index < -0.39 is 23.4 Å². The van der Waals surface area contributed by atoms with Crippen molar-refractivity contribution in [1.29, 1.82) is 0 Å². The van der Waals surface area contributed by atoms with Crippen LogP contribution in [0.5, 0.6) is 0 Å². The number of amides is 3. The minimum absolute atomic E-state index is 0.245. The number of hydrogen-bond donors (Lipinski definition) is 3. The highest BCUT2D eigenvalue weighted by molar-refractivity contribution is 5.88. The van der Waals surface area contributed by atoms with Crippen LogP contribution in [0, 0.1) is 0 Å². The summed E-state index contributed by atoms with van der Waals surface area (Å²) in [6.45, 7) is 6.47. The molecule has 0 aliphatic rings. The van der Waals surface area contributed by atoms with Crippen LogP contribution in [0.15, 0.2) is 0 Å². The fourth-order valence-electron chi connectivity index (χ4n) is 1.69. The van der Waals surface area contributed by atoms with Gasteiger partial charge in [-0.25, -0.2) is 9.59 Å². The van der Waals surface area contributed by atoms with Gasteiger partial charge in [-0.2, -0.15) is 0 Å². The van der Waals surface area contributed by atoms with E-state index in [2.05, 4.69) is 5.32 Å². The predicted octanol–water partition coefficient (Wildman–Crippen LogP) is 0.535. The lowest BCUT2D eigenvalue weighted by atomic mass is 9.96. The van der Waals surface area contributed by atoms with Crippen LogP contribution in [-0.4, -0.2) is 46.0 Å². The van der Waals surface area contributed by atoms with Gasteiger partial charge in [0, 0.05) is 6.04 Å². The number of rotatable bonds is 7. The first-order valence-corrected chi connectivity index (χ1v) is 6.24. The Labute approximate surface area is 113 Å². The Morgan fingerprint density at radius 1 is 1.37 bits per heavy atom. The average Bonchev–Trinajstić information content (AvgIpc) is 2.25. The van der Waals surface area contributed by atoms with Gasteiger partial charge in [0.2, 0.25) is 5.91 Å². The summed E-state index contributed by atoms with van der Waals surface area (Å²) in [5, 5.41) is 11.7. The molecule has 110 valence electrons. The topological polar surface area (TPSA) is 113 Å². The van der Waals surface area contributed by atoms with Gasteiger partial charge in [0.25, 0.3) is 0 Å². The van der Waals surface area contributed by atoms with Crippen molar-refractivity contribution in [3.8, 4) is 0 Å². The van der Waals surface area contributed by atoms with Crippen molar-refractivity contribution >= 4 is 17.9 Å². The second-order valence-corrected chi connectivity index (χ2v) is 5.01. The standard InChI is InChI=1S/C12H23N3O4/c1-5-6-12(4,10(17)18)14-11(19)15(8(2)3)7-9(13)16/h8H,5-7H2,1-4H3,(H2,13,16)(H,14,19)(H,17,18). The van der Waals surface area contributed by atoms with E-state index in [1.165, 1.54) is 11.8 Å². The molecule has 0 bridgehead atoms. The summed E-state index contributed by atoms with van der Waals surface area (Å²) in [5.74, 6) is -1.75. The van der Waals surface area contributed by atoms with Crippen LogP contribution in [0.4, 0.5) is 4.79 Å². The molecule has 0 aliphatic heterocycles. The highest BCUT2D eigenvalue weighted by Gasteiger charge is 2.35. The maximum atomic E-state index is 12.1. The molecule has 0 aromatic rings. The Morgan fingerprint density at radius 2 is 1.89 bits per heavy atom. The molecule has 4 N–H and O–H groups in total. The van der Waals surface area contributed by atoms with Crippen LogP contribution >= 0.6 is 0 Å². The Kier molecular flexibility index (Phi) is 6.31. The molecule has 0 radical (unpaired) electrons. The van der Waals surface area contributed by atoms with Crippen LogP contribution in [0.1, 0.15) is 40.5 Å². The lowest BCUT2D eigenvalue weighted by Crippen LogP contribution is -2.58. The zero-order valence-electron chi connectivity index (χ0n) is 11.9. The molecule has 0 fully saturated rings. The quantitative estimate of drug-likeness (QED) is 0.628. The average molecular weight is 273 g/mol. The van der Waals surface area contributed by atoms with Crippen molar-refractivity contribution in [2.45, 2.75) is 52.1 Å². The Morgan fingerprint density at radius 3 is 2.21 bits per heavy atom. The van der Waals surface area contributed by atoms with Gasteiger partial charge in [-0.1, -0.05) is 13.3 Å². The molecule has 19 heavy (non-hydrogen) atoms. The zero-order chi connectivity index (χ0) is 15.2. The number of urea groups is 1. The van der Waals surface area contributed by atoms with E-state index in [-0.39, 0.29) is 12.6 Å². The summed E-state index contributed by atoms with van der Waals surface area (Å²) in [6, 6.07) is -0.862. The molecule has 0 saturated heterocycles. The van der Waals surface area contributed by atoms with E-state index in [9.17, 15) is 19.5 Å². The van der Waals surface area contributed by atoms with Crippen molar-refractivity contribution in [3.05, 3.63) is 0 Å². The molecule has 7 nitrogen and oxygen atoms in total. The first-order chi connectivity index (χ1) is 8.64. The monoisotopic (exact) mass is 273 g/mol. The smallest absolute Gasteiger partial charge is 0.329 e. The van der Waals surface area contributed by atoms with Crippen molar-refractivity contribution in [3.63, 3.8) is 0 Å². The molecule has 1 atom stereocenters. The van der Waals surface area contributed by atoms with E-state index in [4.69, 9.17) is 5.73 Å². The minimum Gasteiger partial charge on any atom is -0.480 e. The van der Waals surface area contributed by atoms with Crippen molar-refractivity contribution < 1.29 is 19.5 Å². The molecular formula is C12H23N3O4. The molecule has 3 amide bonds. The van der Waals surface area contributed by atoms with Gasteiger partial charge >= 0.3 is 12.0 Å². The Balaban J connectivity index is 4.96. The maximum Gasteiger partial charge on any atom is 0.329 e. The number of aliphatic carboxylic acids is 1. The van der Waals surface area contributed by atoms with Crippen LogP contribution < -0.4 is 11.1 Å². The van der Waals surface area contributed by atoms with Gasteiger partial charge in [0.15, 0.2) is 0 Å². The predicted molar refractivity (Wildman–Crippen MR) is 70.5 cm³/mol. The summed E-state index contributed by atoms with van der Waals surface area (Å²) < 4.78 is 0. The van der Waals surface area contributed by atoms with Crippen LogP contribution in [0.3, 0.4) is 0 Å². The Hall–Kier alpha value is -1.79. The number of carbonyl (C=O) groups is 3. The SMILES string of the molecule is CCCC(C)(NC(=O)N(CC(N)=O)C(C)C)C(=O)O. The molecule has 0 aliphatic carbocycles. The number of nitrogens with two attached hydrogens (primary N) is 1. The van der Waals surface area contributed by atoms with E-state index in [0.717, 1.165) is 0 Å². The molecule has 0 saturated carbocycles. The Bertz CT molecular complexity index is 357. The zero-order valence-corrected chi connectivity index (χ0v) is 11.9. The van der Waals surface area contributed by atoms with Crippen LogP contribution in [0.25, 0.3) is 0 Å². The summed E-state index contributed by atoms with van der Waals surface area (Å²) >= 11 is 0. The summed E-state index contributed by atoms with van der Waals surface area (Å²) in [4.78, 5) is 35.4. The molecule has 0 spiro atoms. The van der Waals surface area contributed by atoms with Gasteiger partial charge in [-0.05, 0) is 27.2 Å². The molecule has 1 unspecified atom stereocenters. The highest BCUT2D eigenvalue weighted by atomic mass is 16.4. The summed E-state index contributed by atoms with van der Waals surface area (Å²) in [5.41, 5.74) is 3.72. The molecule has 0 aromatic carbocycles. The molecule has 0 heterocycles. The van der Waals surface area contributed by atoms with E-state index in [0.29, 0.717) is 12.8 Å². The van der Waals surface area contributed by atoms with Crippen molar-refractivity contribution in [2.75, 3.05) is 6.54 Å². The fraction of sp³-hybridized carbons (Fsp3) is 0.750. The first kappa shape index (κ1) is 17.2. The van der Waals surface area contributed by atoms with Gasteiger partial charge in [-0.15, -0.1) is 0 Å². The normalized spacial score (nSPS) is 13.7. The van der Waals surface area contributed by atoms with E-state index in [1.807, 2.05) is 6.92 Å². The number of carboxylic acids is 1. The fourth-order valence-corrected chi connectivity index (χ4v) is 1.69. The molecule has 0 rings (SSSR count). The molecular weight excluding hydrogens is 250 g/mol. The largest absolute Gasteiger partial charge is 0.480 e. The molecule has 7 heteroatoms. The van der Waals surface area contributed by atoms with Crippen LogP contribution in [-0.2, 0) is 9.59 Å². The van der Waals surface area contributed by atoms with E-state index in [1.54, 1.807) is 13.8 Å². The van der Waals surface area contributed by atoms with Gasteiger partial charge in [0.05, 0.1) is 0 Å². The van der Waals surface area contributed by atoms with Gasteiger partial charge in [-0.3, -0.25) is 4.79 Å². The minimum atomic E-state index is -1.35. The molecule has 0 aromatic heterocycles. The number of carbonyl (C=O) groups excluding carboxylic acids is 2. The second kappa shape index (κ2) is 6.96. The van der Waals surface area contributed by atoms with E-state index >= 15 is 0 Å². The lowest BCUT2D eigenvalue weighted by Gasteiger charge is -2.32. The lowest BCUT2D eigenvalue weighted by molar-refractivity contribution is -0.144. The van der Waals surface area contributed by atoms with Gasteiger partial charge < -0.3 is 21.1 Å². The number of hydrogen-bond acceptors (Lipinski definition) is 3. The van der Waals surface area contributed by atoms with Crippen molar-refractivity contribution in [1.82, 2.24) is 10.2 Å². The second-order valence-electron chi connectivity index (χ2n) is 5.01. The summed E-state index contributed by atoms with van der Waals surface area (Å²) in [6.07, 6.45) is 0.914. The number of primary amides is 1. The van der Waals surface area contributed by atoms with Crippen LogP contribution in [0.2, 0.25) is 0 Å². The first-order valence-electron chi connectivity index (χ1n) is 6.24. The third-order valence-corrected chi connectivity index (χ3v) is 2.82. The number of carboxylic acid groups (broad SMARTS) is 1.